The van der Waals surface area contributed by atoms with Gasteiger partial charge in [-0.15, -0.1) is 0 Å². The minimum atomic E-state index is -0.696. The fraction of sp³-hybridized carbons (Fsp3) is 0.481. The van der Waals surface area contributed by atoms with Crippen LogP contribution in [0.15, 0.2) is 48.5 Å². The molecule has 7 nitrogen and oxygen atoms in total. The fourth-order valence-corrected chi connectivity index (χ4v) is 4.61. The molecule has 2 aliphatic rings. The SMILES string of the molecule is COc1ccc([C@@H]2CC2CCCNC[C@H](NC(=O)c2ccc(F)cc2)C(=O)N2CCOCC2)cc1. The summed E-state index contributed by atoms with van der Waals surface area (Å²) >= 11 is 0. The van der Waals surface area contributed by atoms with Gasteiger partial charge in [-0.05, 0) is 79.6 Å². The maximum absolute atomic E-state index is 13.2. The molecule has 8 heteroatoms. The maximum atomic E-state index is 13.2. The number of nitrogens with one attached hydrogen (secondary N) is 2. The second-order valence-electron chi connectivity index (χ2n) is 9.19. The summed E-state index contributed by atoms with van der Waals surface area (Å²) in [5.74, 6) is 1.26. The molecule has 3 atom stereocenters. The lowest BCUT2D eigenvalue weighted by Crippen LogP contribution is -2.55. The Morgan fingerprint density at radius 2 is 1.83 bits per heavy atom. The summed E-state index contributed by atoms with van der Waals surface area (Å²) in [4.78, 5) is 27.5. The average molecular weight is 484 g/mol. The van der Waals surface area contributed by atoms with Crippen LogP contribution in [0.5, 0.6) is 5.75 Å². The highest BCUT2D eigenvalue weighted by atomic mass is 19.1. The molecule has 4 rings (SSSR count). The van der Waals surface area contributed by atoms with Crippen LogP contribution in [0.2, 0.25) is 0 Å². The number of morpholine rings is 1. The molecule has 1 aliphatic carbocycles. The standard InChI is InChI=1S/C27H34FN3O4/c1-34-23-10-6-19(7-11-23)24-17-21(24)3-2-12-29-18-25(27(33)31-13-15-35-16-14-31)30-26(32)20-4-8-22(28)9-5-20/h4-11,21,24-25,29H,2-3,12-18H2,1H3,(H,30,32)/t21?,24-,25-/m0/s1. The quantitative estimate of drug-likeness (QED) is 0.481. The molecule has 0 aromatic heterocycles. The molecule has 2 fully saturated rings. The van der Waals surface area contributed by atoms with Crippen molar-refractivity contribution in [2.24, 2.45) is 5.92 Å². The minimum absolute atomic E-state index is 0.127. The first kappa shape index (κ1) is 25.1. The van der Waals surface area contributed by atoms with Gasteiger partial charge in [0.25, 0.3) is 5.91 Å². The zero-order valence-corrected chi connectivity index (χ0v) is 20.2. The Balaban J connectivity index is 1.24. The van der Waals surface area contributed by atoms with E-state index >= 15 is 0 Å². The van der Waals surface area contributed by atoms with Gasteiger partial charge < -0.3 is 25.0 Å². The Morgan fingerprint density at radius 3 is 2.51 bits per heavy atom. The maximum Gasteiger partial charge on any atom is 0.251 e. The highest BCUT2D eigenvalue weighted by Crippen LogP contribution is 2.50. The van der Waals surface area contributed by atoms with E-state index < -0.39 is 17.8 Å². The Hall–Kier alpha value is -2.97. The molecule has 2 N–H and O–H groups in total. The van der Waals surface area contributed by atoms with Crippen molar-refractivity contribution >= 4 is 11.8 Å². The lowest BCUT2D eigenvalue weighted by atomic mass is 10.1. The number of methoxy groups -OCH3 is 1. The highest BCUT2D eigenvalue weighted by molar-refractivity contribution is 5.97. The second kappa shape index (κ2) is 12.1. The summed E-state index contributed by atoms with van der Waals surface area (Å²) < 4.78 is 23.8. The molecular weight excluding hydrogens is 449 g/mol. The predicted molar refractivity (Wildman–Crippen MR) is 131 cm³/mol. The monoisotopic (exact) mass is 483 g/mol. The number of hydrogen-bond acceptors (Lipinski definition) is 5. The van der Waals surface area contributed by atoms with E-state index in [0.29, 0.717) is 50.2 Å². The lowest BCUT2D eigenvalue weighted by Gasteiger charge is -2.31. The Bertz CT molecular complexity index is 977. The van der Waals surface area contributed by atoms with E-state index in [1.165, 1.54) is 36.2 Å². The van der Waals surface area contributed by atoms with Crippen LogP contribution in [0.1, 0.15) is 41.1 Å². The van der Waals surface area contributed by atoms with Crippen molar-refractivity contribution in [1.82, 2.24) is 15.5 Å². The Labute approximate surface area is 206 Å². The molecule has 2 aromatic rings. The van der Waals surface area contributed by atoms with Gasteiger partial charge >= 0.3 is 0 Å². The number of hydrogen-bond donors (Lipinski definition) is 2. The highest BCUT2D eigenvalue weighted by Gasteiger charge is 2.37. The molecule has 0 radical (unpaired) electrons. The molecule has 2 amide bonds. The molecule has 1 saturated carbocycles. The Morgan fingerprint density at radius 1 is 1.11 bits per heavy atom. The normalized spacial score (nSPS) is 20.2. The topological polar surface area (TPSA) is 79.9 Å². The third-order valence-electron chi connectivity index (χ3n) is 6.78. The summed E-state index contributed by atoms with van der Waals surface area (Å²) in [6.07, 6.45) is 3.33. The fourth-order valence-electron chi connectivity index (χ4n) is 4.61. The van der Waals surface area contributed by atoms with E-state index in [4.69, 9.17) is 9.47 Å². The number of amides is 2. The van der Waals surface area contributed by atoms with Crippen molar-refractivity contribution in [2.75, 3.05) is 46.5 Å². The molecule has 35 heavy (non-hydrogen) atoms. The predicted octanol–water partition coefficient (Wildman–Crippen LogP) is 2.97. The number of ether oxygens (including phenoxy) is 2. The lowest BCUT2D eigenvalue weighted by molar-refractivity contribution is -0.137. The van der Waals surface area contributed by atoms with Crippen molar-refractivity contribution in [3.05, 3.63) is 65.5 Å². The second-order valence-corrected chi connectivity index (χ2v) is 9.19. The molecule has 1 saturated heterocycles. The molecule has 188 valence electrons. The smallest absolute Gasteiger partial charge is 0.251 e. The van der Waals surface area contributed by atoms with Crippen LogP contribution in [0.25, 0.3) is 0 Å². The van der Waals surface area contributed by atoms with Crippen LogP contribution >= 0.6 is 0 Å². The van der Waals surface area contributed by atoms with E-state index in [9.17, 15) is 14.0 Å². The van der Waals surface area contributed by atoms with E-state index in [2.05, 4.69) is 22.8 Å². The minimum Gasteiger partial charge on any atom is -0.497 e. The third kappa shape index (κ3) is 7.02. The van der Waals surface area contributed by atoms with Crippen molar-refractivity contribution in [3.63, 3.8) is 0 Å². The molecule has 1 aliphatic heterocycles. The van der Waals surface area contributed by atoms with E-state index in [-0.39, 0.29) is 5.91 Å². The first-order valence-electron chi connectivity index (χ1n) is 12.3. The van der Waals surface area contributed by atoms with Gasteiger partial charge in [0.05, 0.1) is 20.3 Å². The summed E-state index contributed by atoms with van der Waals surface area (Å²) in [6, 6.07) is 12.9. The number of benzene rings is 2. The van der Waals surface area contributed by atoms with Gasteiger partial charge in [-0.1, -0.05) is 12.1 Å². The van der Waals surface area contributed by atoms with Gasteiger partial charge in [0.2, 0.25) is 5.91 Å². The zero-order valence-electron chi connectivity index (χ0n) is 20.2. The summed E-state index contributed by atoms with van der Waals surface area (Å²) in [5, 5.41) is 6.19. The van der Waals surface area contributed by atoms with E-state index in [1.807, 2.05) is 12.1 Å². The molecule has 0 spiro atoms. The van der Waals surface area contributed by atoms with Gasteiger partial charge in [-0.25, -0.2) is 4.39 Å². The first-order chi connectivity index (χ1) is 17.0. The van der Waals surface area contributed by atoms with Crippen LogP contribution in [0.3, 0.4) is 0 Å². The third-order valence-corrected chi connectivity index (χ3v) is 6.78. The summed E-state index contributed by atoms with van der Waals surface area (Å²) in [6.45, 7) is 3.12. The van der Waals surface area contributed by atoms with Crippen molar-refractivity contribution in [3.8, 4) is 5.75 Å². The van der Waals surface area contributed by atoms with Crippen molar-refractivity contribution < 1.29 is 23.5 Å². The number of rotatable bonds is 11. The number of carbonyl (C=O) groups excluding carboxylic acids is 2. The largest absolute Gasteiger partial charge is 0.497 e. The van der Waals surface area contributed by atoms with Crippen LogP contribution in [0, 0.1) is 11.7 Å². The number of halogens is 1. The first-order valence-corrected chi connectivity index (χ1v) is 12.3. The molecule has 1 unspecified atom stereocenters. The van der Waals surface area contributed by atoms with Crippen LogP contribution in [-0.2, 0) is 9.53 Å². The summed E-state index contributed by atoms with van der Waals surface area (Å²) in [5.41, 5.74) is 1.69. The van der Waals surface area contributed by atoms with Gasteiger partial charge in [0, 0.05) is 25.2 Å². The number of nitrogens with zero attached hydrogens (tertiary/aromatic N) is 1. The van der Waals surface area contributed by atoms with Gasteiger partial charge in [0.15, 0.2) is 0 Å². The van der Waals surface area contributed by atoms with Crippen molar-refractivity contribution in [1.29, 1.82) is 0 Å². The molecule has 1 heterocycles. The average Bonchev–Trinajstić information content (AvgIpc) is 3.68. The molecular formula is C27H34FN3O4. The van der Waals surface area contributed by atoms with Crippen LogP contribution < -0.4 is 15.4 Å². The van der Waals surface area contributed by atoms with E-state index in [0.717, 1.165) is 25.1 Å². The van der Waals surface area contributed by atoms with Gasteiger partial charge in [-0.2, -0.15) is 0 Å². The number of carbonyl (C=O) groups is 2. The molecule has 0 bridgehead atoms. The van der Waals surface area contributed by atoms with Crippen LogP contribution in [-0.4, -0.2) is 69.3 Å². The zero-order chi connectivity index (χ0) is 24.6. The van der Waals surface area contributed by atoms with Crippen molar-refractivity contribution in [2.45, 2.75) is 31.2 Å². The van der Waals surface area contributed by atoms with Gasteiger partial charge in [0.1, 0.15) is 17.6 Å². The molecule has 2 aromatic carbocycles. The van der Waals surface area contributed by atoms with Gasteiger partial charge in [-0.3, -0.25) is 9.59 Å². The van der Waals surface area contributed by atoms with E-state index in [1.54, 1.807) is 12.0 Å². The summed E-state index contributed by atoms with van der Waals surface area (Å²) in [7, 11) is 1.68. The Kier molecular flexibility index (Phi) is 8.71. The van der Waals surface area contributed by atoms with Crippen LogP contribution in [0.4, 0.5) is 4.39 Å².